The third kappa shape index (κ3) is 1.52. The number of nitro groups is 2. The zero-order valence-corrected chi connectivity index (χ0v) is 6.95. The molecule has 0 radical (unpaired) electrons. The summed E-state index contributed by atoms with van der Waals surface area (Å²) >= 11 is 0. The van der Waals surface area contributed by atoms with Crippen LogP contribution >= 0.6 is 0 Å². The number of rotatable bonds is 2. The van der Waals surface area contributed by atoms with Crippen molar-refractivity contribution in [1.29, 1.82) is 5.41 Å². The van der Waals surface area contributed by atoms with Crippen molar-refractivity contribution in [3.05, 3.63) is 25.7 Å². The molecule has 11 heteroatoms. The fourth-order valence-electron chi connectivity index (χ4n) is 0.824. The topological polar surface area (TPSA) is 174 Å². The summed E-state index contributed by atoms with van der Waals surface area (Å²) in [6, 6.07) is 0. The molecule has 0 aliphatic rings. The number of anilines is 1. The third-order valence-electron chi connectivity index (χ3n) is 1.43. The normalized spacial score (nSPS) is 9.87. The molecule has 0 aromatic carbocycles. The monoisotopic (exact) mass is 216 g/mol. The van der Waals surface area contributed by atoms with Gasteiger partial charge in [-0.05, 0) is 19.6 Å². The first kappa shape index (κ1) is 10.4. The van der Waals surface area contributed by atoms with Gasteiger partial charge in [-0.25, -0.2) is 0 Å². The molecular weight excluding hydrogens is 212 g/mol. The van der Waals surface area contributed by atoms with Crippen LogP contribution < -0.4 is 11.2 Å². The maximum Gasteiger partial charge on any atom is 0.437 e. The summed E-state index contributed by atoms with van der Waals surface area (Å²) < 4.78 is -0.305. The number of nitrogens with zero attached hydrogens (tertiary/aromatic N) is 4. The van der Waals surface area contributed by atoms with Crippen molar-refractivity contribution in [3.8, 4) is 0 Å². The van der Waals surface area contributed by atoms with Crippen LogP contribution in [0.25, 0.3) is 0 Å². The molecule has 0 unspecified atom stereocenters. The fourth-order valence-corrected chi connectivity index (χ4v) is 0.824. The summed E-state index contributed by atoms with van der Waals surface area (Å²) in [6.45, 7) is 0. The van der Waals surface area contributed by atoms with E-state index in [4.69, 9.17) is 16.4 Å². The maximum atomic E-state index is 10.3. The van der Waals surface area contributed by atoms with E-state index in [1.807, 2.05) is 0 Å². The Kier molecular flexibility index (Phi) is 2.22. The number of nitrogen functional groups attached to an aromatic ring is 1. The first-order valence-corrected chi connectivity index (χ1v) is 3.31. The van der Waals surface area contributed by atoms with E-state index in [1.54, 1.807) is 0 Å². The molecule has 0 amide bonds. The minimum absolute atomic E-state index is 0.305. The number of nitrogens with two attached hydrogens (primary N) is 1. The van der Waals surface area contributed by atoms with Crippen LogP contribution in [0, 0.1) is 25.6 Å². The van der Waals surface area contributed by atoms with Gasteiger partial charge in [-0.15, -0.1) is 0 Å². The number of nitrogens with one attached hydrogen (secondary N) is 1. The predicted octanol–water partition coefficient (Wildman–Crippen LogP) is -1.00. The van der Waals surface area contributed by atoms with Crippen LogP contribution in [0.5, 0.6) is 0 Å². The lowest BCUT2D eigenvalue weighted by Gasteiger charge is -1.98. The minimum Gasteiger partial charge on any atom is -0.358 e. The molecule has 0 saturated heterocycles. The van der Waals surface area contributed by atoms with Crippen LogP contribution in [0.2, 0.25) is 0 Å². The highest BCUT2D eigenvalue weighted by atomic mass is 16.6. The molecule has 11 nitrogen and oxygen atoms in total. The van der Waals surface area contributed by atoms with Crippen molar-refractivity contribution in [2.75, 3.05) is 5.73 Å². The summed E-state index contributed by atoms with van der Waals surface area (Å²) in [5, 5.41) is 36.7. The van der Waals surface area contributed by atoms with Crippen molar-refractivity contribution < 1.29 is 15.1 Å². The highest BCUT2D eigenvalue weighted by Crippen LogP contribution is 2.17. The van der Waals surface area contributed by atoms with E-state index >= 15 is 0 Å². The van der Waals surface area contributed by atoms with Gasteiger partial charge in [0.2, 0.25) is 0 Å². The van der Waals surface area contributed by atoms with E-state index in [0.29, 0.717) is 0 Å². The van der Waals surface area contributed by atoms with Crippen LogP contribution in [0.15, 0.2) is 0 Å². The molecule has 1 rings (SSSR count). The van der Waals surface area contributed by atoms with Gasteiger partial charge >= 0.3 is 22.9 Å². The van der Waals surface area contributed by atoms with Crippen LogP contribution in [0.1, 0.15) is 0 Å². The van der Waals surface area contributed by atoms with E-state index in [9.17, 15) is 20.2 Å². The van der Waals surface area contributed by atoms with Gasteiger partial charge in [-0.2, -0.15) is 0 Å². The molecule has 1 aromatic rings. The summed E-state index contributed by atoms with van der Waals surface area (Å²) in [7, 11) is 0. The van der Waals surface area contributed by atoms with Crippen LogP contribution in [-0.4, -0.2) is 24.8 Å². The molecule has 15 heavy (non-hydrogen) atoms. The lowest BCUT2D eigenvalue weighted by Crippen LogP contribution is -2.26. The molecule has 0 saturated carbocycles. The molecule has 0 fully saturated rings. The molecule has 1 aromatic heterocycles. The van der Waals surface area contributed by atoms with Gasteiger partial charge in [0, 0.05) is 0 Å². The van der Waals surface area contributed by atoms with Gasteiger partial charge < -0.3 is 31.2 Å². The van der Waals surface area contributed by atoms with Crippen LogP contribution in [0.3, 0.4) is 0 Å². The van der Waals surface area contributed by atoms with Crippen molar-refractivity contribution in [2.45, 2.75) is 0 Å². The summed E-state index contributed by atoms with van der Waals surface area (Å²) in [6.07, 6.45) is 0. The number of hydrogen-bond acceptors (Lipinski definition) is 8. The second-order valence-electron chi connectivity index (χ2n) is 2.32. The van der Waals surface area contributed by atoms with Gasteiger partial charge in [0.05, 0.1) is 0 Å². The molecule has 0 spiro atoms. The summed E-state index contributed by atoms with van der Waals surface area (Å²) in [4.78, 5) is 21.4. The zero-order valence-electron chi connectivity index (χ0n) is 6.95. The first-order valence-electron chi connectivity index (χ1n) is 3.31. The largest absolute Gasteiger partial charge is 0.437 e. The van der Waals surface area contributed by atoms with E-state index in [0.717, 1.165) is 0 Å². The Morgan fingerprint density at radius 2 is 1.93 bits per heavy atom. The van der Waals surface area contributed by atoms with Crippen LogP contribution in [-0.2, 0) is 0 Å². The molecule has 0 aliphatic carbocycles. The lowest BCUT2D eigenvalue weighted by atomic mass is 10.5. The quantitative estimate of drug-likeness (QED) is 0.322. The Morgan fingerprint density at radius 1 is 1.40 bits per heavy atom. The van der Waals surface area contributed by atoms with E-state index in [2.05, 4.69) is 4.98 Å². The van der Waals surface area contributed by atoms with Crippen LogP contribution in [0.4, 0.5) is 17.5 Å². The predicted molar refractivity (Wildman–Crippen MR) is 43.0 cm³/mol. The van der Waals surface area contributed by atoms with Gasteiger partial charge in [-0.3, -0.25) is 5.41 Å². The van der Waals surface area contributed by atoms with Gasteiger partial charge in [0.1, 0.15) is 0 Å². The van der Waals surface area contributed by atoms with Gasteiger partial charge in [0.25, 0.3) is 0 Å². The second-order valence-corrected chi connectivity index (χ2v) is 2.32. The molecule has 80 valence electrons. The molecular formula is C4H4N6O5. The lowest BCUT2D eigenvalue weighted by molar-refractivity contribution is -0.403. The van der Waals surface area contributed by atoms with Crippen molar-refractivity contribution >= 4 is 17.5 Å². The standard InChI is InChI=1S/C4H4N6O5/c5-1-4(10(14)15)8(11)2(6)3(7-1)9(12)13/h6,11H,5H2. The highest BCUT2D eigenvalue weighted by molar-refractivity contribution is 5.48. The molecule has 0 aliphatic heterocycles. The summed E-state index contributed by atoms with van der Waals surface area (Å²) in [5.74, 6) is -3.00. The second kappa shape index (κ2) is 3.21. The van der Waals surface area contributed by atoms with Crippen molar-refractivity contribution in [1.82, 2.24) is 9.71 Å². The van der Waals surface area contributed by atoms with E-state index in [1.165, 1.54) is 0 Å². The van der Waals surface area contributed by atoms with Crippen molar-refractivity contribution in [3.63, 3.8) is 0 Å². The first-order chi connectivity index (χ1) is 6.86. The third-order valence-corrected chi connectivity index (χ3v) is 1.43. The average Bonchev–Trinajstić information content (AvgIpc) is 2.10. The maximum absolute atomic E-state index is 10.3. The Bertz CT molecular complexity index is 505. The molecule has 1 heterocycles. The fraction of sp³-hybridized carbons (Fsp3) is 0. The van der Waals surface area contributed by atoms with Crippen molar-refractivity contribution in [2.24, 2.45) is 0 Å². The minimum atomic E-state index is -1.12. The smallest absolute Gasteiger partial charge is 0.358 e. The Labute approximate surface area is 80.2 Å². The molecule has 4 N–H and O–H groups in total. The number of hydrogen-bond donors (Lipinski definition) is 3. The Balaban J connectivity index is 3.66. The zero-order chi connectivity index (χ0) is 11.7. The van der Waals surface area contributed by atoms with Gasteiger partial charge in [0.15, 0.2) is 0 Å². The highest BCUT2D eigenvalue weighted by Gasteiger charge is 2.30. The SMILES string of the molecule is N=c1c([N+](=O)[O-])nc(N)c([N+](=O)[O-])n1O. The molecule has 0 atom stereocenters. The van der Waals surface area contributed by atoms with E-state index < -0.39 is 32.8 Å². The van der Waals surface area contributed by atoms with Gasteiger partial charge in [-0.1, -0.05) is 0 Å². The number of aromatic nitrogens is 2. The Morgan fingerprint density at radius 3 is 2.33 bits per heavy atom. The molecule has 0 bridgehead atoms. The van der Waals surface area contributed by atoms with E-state index in [-0.39, 0.29) is 4.73 Å². The summed E-state index contributed by atoms with van der Waals surface area (Å²) in [5.41, 5.74) is 3.88. The Hall–Kier alpha value is -2.72. The average molecular weight is 216 g/mol.